The molecule has 0 spiro atoms. The van der Waals surface area contributed by atoms with Crippen LogP contribution in [-0.4, -0.2) is 22.5 Å². The molecule has 0 aliphatic rings. The van der Waals surface area contributed by atoms with E-state index in [1.54, 1.807) is 25.8 Å². The zero-order chi connectivity index (χ0) is 19.4. The average molecular weight is 366 g/mol. The maximum atomic E-state index is 12.8. The fourth-order valence-corrected chi connectivity index (χ4v) is 2.80. The smallest absolute Gasteiger partial charge is 0.319 e. The van der Waals surface area contributed by atoms with Crippen molar-refractivity contribution in [3.63, 3.8) is 0 Å². The van der Waals surface area contributed by atoms with Gasteiger partial charge in [-0.25, -0.2) is 9.48 Å². The first kappa shape index (κ1) is 18.3. The van der Waals surface area contributed by atoms with Crippen LogP contribution in [0.4, 0.5) is 10.5 Å². The van der Waals surface area contributed by atoms with E-state index in [-0.39, 0.29) is 11.2 Å². The van der Waals surface area contributed by atoms with Gasteiger partial charge in [0.25, 0.3) is 5.56 Å². The van der Waals surface area contributed by atoms with Gasteiger partial charge in [0, 0.05) is 13.6 Å². The van der Waals surface area contributed by atoms with E-state index < -0.39 is 6.03 Å². The van der Waals surface area contributed by atoms with E-state index in [0.717, 1.165) is 17.0 Å². The van der Waals surface area contributed by atoms with Gasteiger partial charge in [-0.15, -0.1) is 0 Å². The molecule has 0 radical (unpaired) electrons. The van der Waals surface area contributed by atoms with Crippen LogP contribution in [-0.2, 0) is 13.6 Å². The molecule has 0 saturated carbocycles. The topological polar surface area (TPSA) is 77.3 Å². The molecule has 0 aliphatic carbocycles. The number of carbonyl (C=O) groups is 1. The van der Waals surface area contributed by atoms with E-state index in [4.69, 9.17) is 4.74 Å². The molecular weight excluding hydrogens is 344 g/mol. The number of benzene rings is 2. The van der Waals surface area contributed by atoms with Crippen molar-refractivity contribution in [3.05, 3.63) is 76.2 Å². The number of hydrogen-bond donors (Lipinski definition) is 2. The molecule has 0 bridgehead atoms. The Morgan fingerprint density at radius 3 is 2.37 bits per heavy atom. The van der Waals surface area contributed by atoms with Crippen LogP contribution in [0, 0.1) is 6.92 Å². The van der Waals surface area contributed by atoms with Crippen molar-refractivity contribution < 1.29 is 9.53 Å². The molecule has 7 heteroatoms. The number of anilines is 1. The van der Waals surface area contributed by atoms with Gasteiger partial charge in [0.2, 0.25) is 0 Å². The summed E-state index contributed by atoms with van der Waals surface area (Å²) >= 11 is 0. The SMILES string of the molecule is COc1ccc(CNC(=O)Nc2c(C)n(C)n(-c3ccccc3)c2=O)cc1. The molecule has 140 valence electrons. The summed E-state index contributed by atoms with van der Waals surface area (Å²) in [5.74, 6) is 0.754. The summed E-state index contributed by atoms with van der Waals surface area (Å²) in [4.78, 5) is 25.0. The van der Waals surface area contributed by atoms with Gasteiger partial charge >= 0.3 is 6.03 Å². The van der Waals surface area contributed by atoms with Gasteiger partial charge in [0.1, 0.15) is 11.4 Å². The third kappa shape index (κ3) is 3.87. The average Bonchev–Trinajstić information content (AvgIpc) is 2.90. The summed E-state index contributed by atoms with van der Waals surface area (Å²) in [5.41, 5.74) is 2.31. The third-order valence-corrected chi connectivity index (χ3v) is 4.40. The predicted molar refractivity (Wildman–Crippen MR) is 105 cm³/mol. The molecule has 2 amide bonds. The van der Waals surface area contributed by atoms with Gasteiger partial charge in [0.15, 0.2) is 0 Å². The number of carbonyl (C=O) groups excluding carboxylic acids is 1. The standard InChI is InChI=1S/C20H22N4O3/c1-14-18(19(25)24(23(14)2)16-7-5-4-6-8-16)22-20(26)21-13-15-9-11-17(27-3)12-10-15/h4-12H,13H2,1-3H3,(H2,21,22,26). The Morgan fingerprint density at radius 1 is 1.07 bits per heavy atom. The highest BCUT2D eigenvalue weighted by Crippen LogP contribution is 2.14. The number of hydrogen-bond acceptors (Lipinski definition) is 3. The summed E-state index contributed by atoms with van der Waals surface area (Å²) in [7, 11) is 3.38. The van der Waals surface area contributed by atoms with Crippen LogP contribution in [0.25, 0.3) is 5.69 Å². The largest absolute Gasteiger partial charge is 0.497 e. The highest BCUT2D eigenvalue weighted by atomic mass is 16.5. The fraction of sp³-hybridized carbons (Fsp3) is 0.200. The lowest BCUT2D eigenvalue weighted by Crippen LogP contribution is -2.31. The molecule has 0 atom stereocenters. The van der Waals surface area contributed by atoms with Gasteiger partial charge in [-0.1, -0.05) is 30.3 Å². The molecule has 2 N–H and O–H groups in total. The highest BCUT2D eigenvalue weighted by molar-refractivity contribution is 5.89. The van der Waals surface area contributed by atoms with Gasteiger partial charge in [-0.05, 0) is 36.8 Å². The lowest BCUT2D eigenvalue weighted by Gasteiger charge is -2.08. The second kappa shape index (κ2) is 7.82. The van der Waals surface area contributed by atoms with E-state index >= 15 is 0 Å². The van der Waals surface area contributed by atoms with Crippen molar-refractivity contribution in [1.29, 1.82) is 0 Å². The van der Waals surface area contributed by atoms with E-state index in [0.29, 0.717) is 12.2 Å². The summed E-state index contributed by atoms with van der Waals surface area (Å²) in [6.45, 7) is 2.13. The number of methoxy groups -OCH3 is 1. The van der Waals surface area contributed by atoms with Gasteiger partial charge < -0.3 is 15.4 Å². The molecule has 0 fully saturated rings. The summed E-state index contributed by atoms with van der Waals surface area (Å²) in [6, 6.07) is 16.3. The quantitative estimate of drug-likeness (QED) is 0.729. The Hall–Kier alpha value is -3.48. The third-order valence-electron chi connectivity index (χ3n) is 4.40. The van der Waals surface area contributed by atoms with Crippen LogP contribution in [0.15, 0.2) is 59.4 Å². The molecule has 3 rings (SSSR count). The van der Waals surface area contributed by atoms with Crippen molar-refractivity contribution >= 4 is 11.7 Å². The van der Waals surface area contributed by atoms with Crippen LogP contribution in [0.3, 0.4) is 0 Å². The molecule has 3 aromatic rings. The first-order valence-corrected chi connectivity index (χ1v) is 8.53. The van der Waals surface area contributed by atoms with E-state index in [1.807, 2.05) is 54.6 Å². The number of urea groups is 1. The van der Waals surface area contributed by atoms with Crippen molar-refractivity contribution in [2.24, 2.45) is 7.05 Å². The minimum Gasteiger partial charge on any atom is -0.497 e. The van der Waals surface area contributed by atoms with Gasteiger partial charge in [0.05, 0.1) is 18.5 Å². The summed E-state index contributed by atoms with van der Waals surface area (Å²) < 4.78 is 8.35. The van der Waals surface area contributed by atoms with Crippen LogP contribution < -0.4 is 20.9 Å². The molecule has 1 aromatic heterocycles. The Bertz CT molecular complexity index is 989. The van der Waals surface area contributed by atoms with Crippen molar-refractivity contribution in [3.8, 4) is 11.4 Å². The molecular formula is C20H22N4O3. The fourth-order valence-electron chi connectivity index (χ4n) is 2.80. The lowest BCUT2D eigenvalue weighted by atomic mass is 10.2. The normalized spacial score (nSPS) is 10.5. The Kier molecular flexibility index (Phi) is 5.30. The monoisotopic (exact) mass is 366 g/mol. The number of para-hydroxylation sites is 1. The van der Waals surface area contributed by atoms with E-state index in [9.17, 15) is 9.59 Å². The van der Waals surface area contributed by atoms with Crippen molar-refractivity contribution in [2.75, 3.05) is 12.4 Å². The number of ether oxygens (including phenoxy) is 1. The summed E-state index contributed by atoms with van der Waals surface area (Å²) in [5, 5.41) is 5.43. The van der Waals surface area contributed by atoms with Crippen molar-refractivity contribution in [2.45, 2.75) is 13.5 Å². The zero-order valence-corrected chi connectivity index (χ0v) is 15.5. The number of amides is 2. The number of aromatic nitrogens is 2. The van der Waals surface area contributed by atoms with Crippen LogP contribution in [0.2, 0.25) is 0 Å². The second-order valence-electron chi connectivity index (χ2n) is 6.09. The Morgan fingerprint density at radius 2 is 1.74 bits per heavy atom. The van der Waals surface area contributed by atoms with Crippen LogP contribution in [0.5, 0.6) is 5.75 Å². The number of nitrogens with zero attached hydrogens (tertiary/aromatic N) is 2. The molecule has 7 nitrogen and oxygen atoms in total. The van der Waals surface area contributed by atoms with Crippen molar-refractivity contribution in [1.82, 2.24) is 14.7 Å². The van der Waals surface area contributed by atoms with Gasteiger partial charge in [-0.2, -0.15) is 0 Å². The highest BCUT2D eigenvalue weighted by Gasteiger charge is 2.17. The second-order valence-corrected chi connectivity index (χ2v) is 6.09. The molecule has 1 heterocycles. The first-order chi connectivity index (χ1) is 13.0. The minimum absolute atomic E-state index is 0.258. The Balaban J connectivity index is 1.73. The lowest BCUT2D eigenvalue weighted by molar-refractivity contribution is 0.251. The minimum atomic E-state index is -0.433. The predicted octanol–water partition coefficient (Wildman–Crippen LogP) is 2.81. The first-order valence-electron chi connectivity index (χ1n) is 8.53. The van der Waals surface area contributed by atoms with Crippen LogP contribution >= 0.6 is 0 Å². The maximum absolute atomic E-state index is 12.8. The van der Waals surface area contributed by atoms with Crippen LogP contribution in [0.1, 0.15) is 11.3 Å². The molecule has 27 heavy (non-hydrogen) atoms. The molecule has 0 saturated heterocycles. The summed E-state index contributed by atoms with van der Waals surface area (Å²) in [6.07, 6.45) is 0. The van der Waals surface area contributed by atoms with E-state index in [2.05, 4.69) is 10.6 Å². The number of rotatable bonds is 5. The van der Waals surface area contributed by atoms with Gasteiger partial charge in [-0.3, -0.25) is 9.48 Å². The van der Waals surface area contributed by atoms with E-state index in [1.165, 1.54) is 4.68 Å². The molecule has 2 aromatic carbocycles. The molecule has 0 unspecified atom stereocenters. The molecule has 0 aliphatic heterocycles. The number of nitrogens with one attached hydrogen (secondary N) is 2. The Labute approximate surface area is 157 Å². The maximum Gasteiger partial charge on any atom is 0.319 e. The zero-order valence-electron chi connectivity index (χ0n) is 15.5.